The van der Waals surface area contributed by atoms with E-state index in [-0.39, 0.29) is 41.7 Å². The van der Waals surface area contributed by atoms with Crippen molar-refractivity contribution >= 4 is 28.5 Å². The third-order valence-electron chi connectivity index (χ3n) is 5.55. The molecule has 0 aliphatic rings. The Morgan fingerprint density at radius 2 is 1.94 bits per heavy atom. The summed E-state index contributed by atoms with van der Waals surface area (Å²) in [6.45, 7) is 1.93. The summed E-state index contributed by atoms with van der Waals surface area (Å²) in [5.74, 6) is -0.668. The van der Waals surface area contributed by atoms with Crippen LogP contribution >= 0.6 is 11.6 Å². The Morgan fingerprint density at radius 3 is 2.75 bits per heavy atom. The molecule has 0 fully saturated rings. The Balaban J connectivity index is 1.50. The Labute approximate surface area is 209 Å². The van der Waals surface area contributed by atoms with Crippen LogP contribution in [0.3, 0.4) is 0 Å². The van der Waals surface area contributed by atoms with Crippen molar-refractivity contribution in [2.75, 3.05) is 0 Å². The lowest BCUT2D eigenvalue weighted by atomic mass is 10.1. The maximum Gasteiger partial charge on any atom is 0.263 e. The van der Waals surface area contributed by atoms with Gasteiger partial charge in [-0.2, -0.15) is 4.98 Å². The standard InChI is InChI=1S/C26H19ClFN5O3/c1-15-9-10-19-23(35)20(26-31-24(32-36-26)16-6-4-7-18(28)11-16)13-33(25(19)30-15)14-22(34)29-12-17-5-2-3-8-21(17)27/h2-11,13H,12,14H2,1H3,(H,29,34). The summed E-state index contributed by atoms with van der Waals surface area (Å²) in [4.78, 5) is 34.8. The highest BCUT2D eigenvalue weighted by atomic mass is 35.5. The van der Waals surface area contributed by atoms with Crippen LogP contribution in [0, 0.1) is 12.7 Å². The van der Waals surface area contributed by atoms with E-state index >= 15 is 0 Å². The molecular weight excluding hydrogens is 485 g/mol. The lowest BCUT2D eigenvalue weighted by Gasteiger charge is -2.13. The number of rotatable bonds is 6. The number of benzene rings is 2. The van der Waals surface area contributed by atoms with Crippen molar-refractivity contribution in [1.29, 1.82) is 0 Å². The van der Waals surface area contributed by atoms with Gasteiger partial charge in [-0.15, -0.1) is 0 Å². The first kappa shape index (κ1) is 23.4. The maximum atomic E-state index is 13.6. The first-order chi connectivity index (χ1) is 17.4. The highest BCUT2D eigenvalue weighted by molar-refractivity contribution is 6.31. The first-order valence-corrected chi connectivity index (χ1v) is 11.4. The molecule has 0 radical (unpaired) electrons. The van der Waals surface area contributed by atoms with Gasteiger partial charge in [-0.1, -0.05) is 47.1 Å². The molecule has 0 unspecified atom stereocenters. The average molecular weight is 504 g/mol. The van der Waals surface area contributed by atoms with Crippen molar-refractivity contribution in [2.24, 2.45) is 0 Å². The van der Waals surface area contributed by atoms with Crippen LogP contribution in [0.15, 0.2) is 76.2 Å². The van der Waals surface area contributed by atoms with Gasteiger partial charge in [-0.05, 0) is 42.8 Å². The van der Waals surface area contributed by atoms with E-state index < -0.39 is 5.82 Å². The molecule has 0 atom stereocenters. The molecule has 0 aliphatic carbocycles. The van der Waals surface area contributed by atoms with E-state index in [0.29, 0.717) is 27.3 Å². The van der Waals surface area contributed by atoms with Crippen LogP contribution in [0.1, 0.15) is 11.3 Å². The second-order valence-corrected chi connectivity index (χ2v) is 8.53. The van der Waals surface area contributed by atoms with Crippen molar-refractivity contribution in [3.05, 3.63) is 99.2 Å². The number of nitrogens with one attached hydrogen (secondary N) is 1. The fourth-order valence-corrected chi connectivity index (χ4v) is 3.96. The zero-order chi connectivity index (χ0) is 25.2. The van der Waals surface area contributed by atoms with Gasteiger partial charge >= 0.3 is 0 Å². The second kappa shape index (κ2) is 9.71. The van der Waals surface area contributed by atoms with Gasteiger partial charge in [0.05, 0.1) is 5.39 Å². The fraction of sp³-hybridized carbons (Fsp3) is 0.115. The summed E-state index contributed by atoms with van der Waals surface area (Å²) < 4.78 is 20.5. The van der Waals surface area contributed by atoms with Gasteiger partial charge in [0.1, 0.15) is 23.6 Å². The molecule has 10 heteroatoms. The van der Waals surface area contributed by atoms with E-state index in [1.165, 1.54) is 24.4 Å². The van der Waals surface area contributed by atoms with Gasteiger partial charge in [0.25, 0.3) is 5.89 Å². The van der Waals surface area contributed by atoms with Crippen LogP contribution in [0.2, 0.25) is 5.02 Å². The predicted octanol–water partition coefficient (Wildman–Crippen LogP) is 4.53. The molecule has 0 saturated heterocycles. The molecule has 180 valence electrons. The number of aromatic nitrogens is 4. The number of amides is 1. The number of nitrogens with zero attached hydrogens (tertiary/aromatic N) is 4. The van der Waals surface area contributed by atoms with Crippen molar-refractivity contribution in [1.82, 2.24) is 25.0 Å². The third-order valence-corrected chi connectivity index (χ3v) is 5.92. The molecule has 5 aromatic rings. The van der Waals surface area contributed by atoms with E-state index in [1.54, 1.807) is 35.8 Å². The summed E-state index contributed by atoms with van der Waals surface area (Å²) in [7, 11) is 0. The third kappa shape index (κ3) is 4.73. The van der Waals surface area contributed by atoms with Gasteiger partial charge in [0, 0.05) is 29.0 Å². The van der Waals surface area contributed by atoms with Gasteiger partial charge in [-0.3, -0.25) is 9.59 Å². The SMILES string of the molecule is Cc1ccc2c(=O)c(-c3nc(-c4cccc(F)c4)no3)cn(CC(=O)NCc3ccccc3Cl)c2n1. The Bertz CT molecular complexity index is 1660. The molecule has 36 heavy (non-hydrogen) atoms. The van der Waals surface area contributed by atoms with Crippen LogP contribution in [0.5, 0.6) is 0 Å². The zero-order valence-corrected chi connectivity index (χ0v) is 19.8. The molecule has 0 bridgehead atoms. The number of aryl methyl sites for hydroxylation is 1. The average Bonchev–Trinajstić information content (AvgIpc) is 3.35. The Kier molecular flexibility index (Phi) is 6.30. The number of carbonyl (C=O) groups is 1. The number of hydrogen-bond donors (Lipinski definition) is 1. The number of hydrogen-bond acceptors (Lipinski definition) is 6. The van der Waals surface area contributed by atoms with E-state index in [2.05, 4.69) is 20.4 Å². The molecule has 2 aromatic carbocycles. The molecule has 8 nitrogen and oxygen atoms in total. The minimum absolute atomic E-state index is 0.0491. The van der Waals surface area contributed by atoms with Crippen molar-refractivity contribution in [3.8, 4) is 22.8 Å². The smallest absolute Gasteiger partial charge is 0.263 e. The number of halogens is 2. The molecule has 1 N–H and O–H groups in total. The Hall–Kier alpha value is -4.37. The molecule has 0 spiro atoms. The highest BCUT2D eigenvalue weighted by Gasteiger charge is 2.19. The molecule has 5 rings (SSSR count). The van der Waals surface area contributed by atoms with E-state index in [9.17, 15) is 14.0 Å². The topological polar surface area (TPSA) is 103 Å². The van der Waals surface area contributed by atoms with Crippen LogP contribution in [0.25, 0.3) is 33.9 Å². The minimum atomic E-state index is -0.448. The number of fused-ring (bicyclic) bond motifs is 1. The van der Waals surface area contributed by atoms with Crippen LogP contribution in [-0.4, -0.2) is 25.6 Å². The largest absolute Gasteiger partial charge is 0.350 e. The fourth-order valence-electron chi connectivity index (χ4n) is 3.76. The van der Waals surface area contributed by atoms with Crippen LogP contribution in [-0.2, 0) is 17.9 Å². The maximum absolute atomic E-state index is 13.6. The Morgan fingerprint density at radius 1 is 1.11 bits per heavy atom. The van der Waals surface area contributed by atoms with Crippen LogP contribution in [0.4, 0.5) is 4.39 Å². The number of carbonyl (C=O) groups excluding carboxylic acids is 1. The van der Waals surface area contributed by atoms with Gasteiger partial charge < -0.3 is 14.4 Å². The first-order valence-electron chi connectivity index (χ1n) is 11.0. The summed E-state index contributed by atoms with van der Waals surface area (Å²) in [5.41, 5.74) is 1.94. The highest BCUT2D eigenvalue weighted by Crippen LogP contribution is 2.23. The van der Waals surface area contributed by atoms with Crippen molar-refractivity contribution < 1.29 is 13.7 Å². The molecule has 3 heterocycles. The minimum Gasteiger partial charge on any atom is -0.350 e. The normalized spacial score (nSPS) is 11.1. The van der Waals surface area contributed by atoms with Crippen molar-refractivity contribution in [3.63, 3.8) is 0 Å². The molecule has 0 aliphatic heterocycles. The molecule has 3 aromatic heterocycles. The zero-order valence-electron chi connectivity index (χ0n) is 19.0. The summed E-state index contributed by atoms with van der Waals surface area (Å²) in [5, 5.41) is 7.57. The van der Waals surface area contributed by atoms with Crippen LogP contribution < -0.4 is 10.7 Å². The molecule has 1 amide bonds. The monoisotopic (exact) mass is 503 g/mol. The summed E-state index contributed by atoms with van der Waals surface area (Å²) in [6.07, 6.45) is 1.47. The summed E-state index contributed by atoms with van der Waals surface area (Å²) in [6, 6.07) is 16.3. The van der Waals surface area contributed by atoms with Crippen molar-refractivity contribution in [2.45, 2.75) is 20.0 Å². The number of pyridine rings is 2. The predicted molar refractivity (Wildman–Crippen MR) is 133 cm³/mol. The van der Waals surface area contributed by atoms with Gasteiger partial charge in [0.15, 0.2) is 0 Å². The van der Waals surface area contributed by atoms with E-state index in [0.717, 1.165) is 5.56 Å². The van der Waals surface area contributed by atoms with E-state index in [4.69, 9.17) is 16.1 Å². The van der Waals surface area contributed by atoms with E-state index in [1.807, 2.05) is 18.2 Å². The van der Waals surface area contributed by atoms with Gasteiger partial charge in [-0.25, -0.2) is 9.37 Å². The van der Waals surface area contributed by atoms with Gasteiger partial charge in [0.2, 0.25) is 17.2 Å². The second-order valence-electron chi connectivity index (χ2n) is 8.13. The lowest BCUT2D eigenvalue weighted by Crippen LogP contribution is -2.28. The molecule has 0 saturated carbocycles. The summed E-state index contributed by atoms with van der Waals surface area (Å²) >= 11 is 6.18. The lowest BCUT2D eigenvalue weighted by molar-refractivity contribution is -0.121. The molecular formula is C26H19ClFN5O3. The quantitative estimate of drug-likeness (QED) is 0.365.